The molecule has 0 saturated carbocycles. The Balaban J connectivity index is 1.72. The van der Waals surface area contributed by atoms with E-state index < -0.39 is 0 Å². The van der Waals surface area contributed by atoms with Crippen molar-refractivity contribution in [1.29, 1.82) is 0 Å². The standard InChI is InChI=1S/C18H20N10O2/c1-8-6-30-7-9-4-10(12-11(5-9)28(3)27-26-12)21-18-22-13-14(16(19-2)23-18)24-25-15(13)17(29)20-8/h4-5,8H,6-7H2,1-3H3,(H,20,29)(H,24,25)(H2,19,21,22,23)/t8-/m1/s1. The molecule has 1 aromatic carbocycles. The van der Waals surface area contributed by atoms with Crippen molar-refractivity contribution in [3.63, 3.8) is 0 Å². The minimum absolute atomic E-state index is 0.189. The summed E-state index contributed by atoms with van der Waals surface area (Å²) in [4.78, 5) is 21.8. The first kappa shape index (κ1) is 18.2. The van der Waals surface area contributed by atoms with Crippen LogP contribution >= 0.6 is 0 Å². The van der Waals surface area contributed by atoms with Crippen molar-refractivity contribution in [2.75, 3.05) is 24.3 Å². The van der Waals surface area contributed by atoms with E-state index in [0.717, 1.165) is 11.1 Å². The molecule has 1 amide bonds. The molecular weight excluding hydrogens is 388 g/mol. The molecular formula is C18H20N10O2. The molecule has 5 rings (SSSR count). The maximum absolute atomic E-state index is 12.7. The number of rotatable bonds is 1. The van der Waals surface area contributed by atoms with Crippen molar-refractivity contribution in [3.05, 3.63) is 23.4 Å². The lowest BCUT2D eigenvalue weighted by molar-refractivity contribution is 0.0818. The first-order valence-electron chi connectivity index (χ1n) is 9.45. The van der Waals surface area contributed by atoms with E-state index >= 15 is 0 Å². The van der Waals surface area contributed by atoms with E-state index in [1.54, 1.807) is 11.7 Å². The van der Waals surface area contributed by atoms with Crippen molar-refractivity contribution in [1.82, 2.24) is 40.5 Å². The number of carbonyl (C=O) groups excluding carboxylic acids is 1. The van der Waals surface area contributed by atoms with Gasteiger partial charge < -0.3 is 20.7 Å². The smallest absolute Gasteiger partial charge is 0.274 e. The maximum Gasteiger partial charge on any atom is 0.274 e. The van der Waals surface area contributed by atoms with Gasteiger partial charge in [-0.15, -0.1) is 5.10 Å². The topological polar surface area (TPSA) is 148 Å². The highest BCUT2D eigenvalue weighted by Crippen LogP contribution is 2.28. The van der Waals surface area contributed by atoms with Crippen molar-refractivity contribution in [3.8, 4) is 0 Å². The second-order valence-corrected chi connectivity index (χ2v) is 7.18. The number of anilines is 3. The second kappa shape index (κ2) is 6.91. The van der Waals surface area contributed by atoms with E-state index in [1.807, 2.05) is 26.1 Å². The Hall–Kier alpha value is -3.80. The Kier molecular flexibility index (Phi) is 4.20. The van der Waals surface area contributed by atoms with Crippen LogP contribution in [0.2, 0.25) is 0 Å². The van der Waals surface area contributed by atoms with Gasteiger partial charge in [0.25, 0.3) is 5.91 Å². The van der Waals surface area contributed by atoms with Gasteiger partial charge in [0.2, 0.25) is 5.95 Å². The van der Waals surface area contributed by atoms with Gasteiger partial charge in [-0.1, -0.05) is 5.21 Å². The van der Waals surface area contributed by atoms with E-state index in [4.69, 9.17) is 4.74 Å². The molecule has 0 unspecified atom stereocenters. The average Bonchev–Trinajstić information content (AvgIpc) is 3.31. The fourth-order valence-corrected chi connectivity index (χ4v) is 3.47. The Morgan fingerprint density at radius 2 is 2.13 bits per heavy atom. The third-order valence-corrected chi connectivity index (χ3v) is 4.90. The van der Waals surface area contributed by atoms with Crippen LogP contribution in [0.25, 0.3) is 22.1 Å². The summed E-state index contributed by atoms with van der Waals surface area (Å²) in [6, 6.07) is 3.71. The summed E-state index contributed by atoms with van der Waals surface area (Å²) in [7, 11) is 3.57. The van der Waals surface area contributed by atoms with Gasteiger partial charge in [0.1, 0.15) is 16.6 Å². The zero-order chi connectivity index (χ0) is 20.8. The third-order valence-electron chi connectivity index (χ3n) is 4.90. The molecule has 0 saturated heterocycles. The largest absolute Gasteiger partial charge is 0.375 e. The SMILES string of the molecule is CNc1nc2nc3c(n[nH]c13)C(=O)N[C@H](C)COCc1cc(c3nnn(C)c3c1)N2. The summed E-state index contributed by atoms with van der Waals surface area (Å²) in [6.07, 6.45) is 0. The zero-order valence-corrected chi connectivity index (χ0v) is 16.6. The Labute approximate surface area is 170 Å². The van der Waals surface area contributed by atoms with Gasteiger partial charge in [0.15, 0.2) is 11.5 Å². The molecule has 1 aliphatic heterocycles. The van der Waals surface area contributed by atoms with Crippen molar-refractivity contribution < 1.29 is 9.53 Å². The van der Waals surface area contributed by atoms with Gasteiger partial charge >= 0.3 is 0 Å². The summed E-state index contributed by atoms with van der Waals surface area (Å²) in [5.41, 5.74) is 4.31. The number of nitrogens with zero attached hydrogens (tertiary/aromatic N) is 6. The monoisotopic (exact) mass is 408 g/mol. The van der Waals surface area contributed by atoms with Crippen LogP contribution in [0.5, 0.6) is 0 Å². The average molecular weight is 408 g/mol. The molecule has 4 aromatic rings. The van der Waals surface area contributed by atoms with Crippen molar-refractivity contribution in [2.24, 2.45) is 7.05 Å². The molecule has 30 heavy (non-hydrogen) atoms. The van der Waals surface area contributed by atoms with E-state index in [2.05, 4.69) is 46.4 Å². The molecule has 1 aliphatic rings. The Morgan fingerprint density at radius 3 is 2.97 bits per heavy atom. The number of hydrogen-bond acceptors (Lipinski definition) is 9. The lowest BCUT2D eigenvalue weighted by Gasteiger charge is -2.15. The Bertz CT molecular complexity index is 1280. The summed E-state index contributed by atoms with van der Waals surface area (Å²) < 4.78 is 7.52. The van der Waals surface area contributed by atoms with Crippen LogP contribution in [0.4, 0.5) is 17.5 Å². The summed E-state index contributed by atoms with van der Waals surface area (Å²) in [5, 5.41) is 24.5. The molecule has 0 fully saturated rings. The van der Waals surface area contributed by atoms with Gasteiger partial charge in [0, 0.05) is 20.1 Å². The van der Waals surface area contributed by atoms with Crippen LogP contribution in [0.3, 0.4) is 0 Å². The van der Waals surface area contributed by atoms with Crippen molar-refractivity contribution >= 4 is 45.4 Å². The molecule has 12 nitrogen and oxygen atoms in total. The maximum atomic E-state index is 12.7. The molecule has 4 bridgehead atoms. The number of benzene rings is 1. The van der Waals surface area contributed by atoms with Crippen LogP contribution in [0.15, 0.2) is 12.1 Å². The molecule has 4 heterocycles. The molecule has 4 N–H and O–H groups in total. The molecule has 1 atom stereocenters. The van der Waals surface area contributed by atoms with Crippen LogP contribution in [-0.2, 0) is 18.4 Å². The molecule has 0 aliphatic carbocycles. The molecule has 0 radical (unpaired) electrons. The first-order valence-corrected chi connectivity index (χ1v) is 9.45. The zero-order valence-electron chi connectivity index (χ0n) is 16.6. The van der Waals surface area contributed by atoms with Crippen LogP contribution in [0, 0.1) is 0 Å². The number of H-pyrrole nitrogens is 1. The third kappa shape index (κ3) is 2.97. The first-order chi connectivity index (χ1) is 14.5. The van der Waals surface area contributed by atoms with Crippen LogP contribution < -0.4 is 16.0 Å². The van der Waals surface area contributed by atoms with E-state index in [1.165, 1.54) is 0 Å². The second-order valence-electron chi connectivity index (χ2n) is 7.18. The summed E-state index contributed by atoms with van der Waals surface area (Å²) in [5.74, 6) is 0.484. The normalized spacial score (nSPS) is 17.0. The number of fused-ring (bicyclic) bond motifs is 5. The molecule has 12 heteroatoms. The summed E-state index contributed by atoms with van der Waals surface area (Å²) in [6.45, 7) is 2.59. The number of nitrogens with one attached hydrogen (secondary N) is 4. The number of aromatic amines is 1. The van der Waals surface area contributed by atoms with Crippen molar-refractivity contribution in [2.45, 2.75) is 19.6 Å². The number of hydrogen-bond donors (Lipinski definition) is 4. The summed E-state index contributed by atoms with van der Waals surface area (Å²) >= 11 is 0. The lowest BCUT2D eigenvalue weighted by atomic mass is 10.1. The van der Waals surface area contributed by atoms with E-state index in [9.17, 15) is 4.79 Å². The highest BCUT2D eigenvalue weighted by molar-refractivity contribution is 6.05. The number of ether oxygens (including phenoxy) is 1. The minimum atomic E-state index is -0.337. The van der Waals surface area contributed by atoms with Crippen LogP contribution in [0.1, 0.15) is 23.0 Å². The van der Waals surface area contributed by atoms with Gasteiger partial charge in [-0.25, -0.2) is 9.67 Å². The fraction of sp³-hybridized carbons (Fsp3) is 0.333. The molecule has 154 valence electrons. The van der Waals surface area contributed by atoms with Gasteiger partial charge in [-0.3, -0.25) is 9.89 Å². The van der Waals surface area contributed by atoms with E-state index in [-0.39, 0.29) is 17.6 Å². The quantitative estimate of drug-likeness (QED) is 0.363. The fourth-order valence-electron chi connectivity index (χ4n) is 3.47. The predicted molar refractivity (Wildman–Crippen MR) is 110 cm³/mol. The highest BCUT2D eigenvalue weighted by atomic mass is 16.5. The molecule has 3 aromatic heterocycles. The lowest BCUT2D eigenvalue weighted by Crippen LogP contribution is -2.36. The Morgan fingerprint density at radius 1 is 1.27 bits per heavy atom. The van der Waals surface area contributed by atoms with Gasteiger partial charge in [0.05, 0.1) is 24.4 Å². The minimum Gasteiger partial charge on any atom is -0.375 e. The van der Waals surface area contributed by atoms with E-state index in [0.29, 0.717) is 47.2 Å². The number of aromatic nitrogens is 7. The molecule has 0 spiro atoms. The van der Waals surface area contributed by atoms with Gasteiger partial charge in [-0.2, -0.15) is 10.1 Å². The predicted octanol–water partition coefficient (Wildman–Crippen LogP) is 1.07. The number of amides is 1. The van der Waals surface area contributed by atoms with Crippen LogP contribution in [-0.4, -0.2) is 60.8 Å². The number of carbonyl (C=O) groups is 1. The van der Waals surface area contributed by atoms with Gasteiger partial charge in [-0.05, 0) is 24.6 Å². The number of aryl methyl sites for hydroxylation is 1. The highest BCUT2D eigenvalue weighted by Gasteiger charge is 2.22.